The quantitative estimate of drug-likeness (QED) is 0.240. The Morgan fingerprint density at radius 3 is 2.89 bits per heavy atom. The molecule has 1 saturated heterocycles. The normalized spacial score (nSPS) is 16.6. The van der Waals surface area contributed by atoms with Crippen LogP contribution in [0.3, 0.4) is 0 Å². The van der Waals surface area contributed by atoms with Crippen LogP contribution in [0.5, 0.6) is 0 Å². The van der Waals surface area contributed by atoms with Crippen molar-refractivity contribution in [2.24, 2.45) is 4.99 Å². The molecular weight excluding hydrogens is 469 g/mol. The van der Waals surface area contributed by atoms with Crippen molar-refractivity contribution < 1.29 is 9.47 Å². The number of aliphatic imine (C=N–C) groups is 1. The molecule has 2 N–H and O–H groups in total. The lowest BCUT2D eigenvalue weighted by molar-refractivity contribution is 0.0420. The van der Waals surface area contributed by atoms with Crippen LogP contribution < -0.4 is 10.6 Å². The summed E-state index contributed by atoms with van der Waals surface area (Å²) < 4.78 is 13.0. The Morgan fingerprint density at radius 1 is 1.29 bits per heavy atom. The lowest BCUT2D eigenvalue weighted by Gasteiger charge is -2.12. The molecule has 1 aromatic heterocycles. The standard InChI is InChI=1S/C20H29N5O2.HI/c1-21-20(22-9-5-10-27-19-8-11-26-16-19)23-12-18-13-24-25(15-18)14-17-6-3-2-4-7-17;/h2-4,6-7,13,15,19H,5,8-12,14,16H2,1H3,(H2,21,22,23);1H. The fraction of sp³-hybridized carbons (Fsp3) is 0.500. The number of aromatic nitrogens is 2. The van der Waals surface area contributed by atoms with Crippen LogP contribution in [0.2, 0.25) is 0 Å². The van der Waals surface area contributed by atoms with Crippen LogP contribution in [0, 0.1) is 0 Å². The van der Waals surface area contributed by atoms with Crippen LogP contribution in [-0.4, -0.2) is 55.3 Å². The smallest absolute Gasteiger partial charge is 0.191 e. The van der Waals surface area contributed by atoms with E-state index in [0.29, 0.717) is 6.54 Å². The molecule has 1 aliphatic rings. The van der Waals surface area contributed by atoms with Gasteiger partial charge in [-0.15, -0.1) is 24.0 Å². The van der Waals surface area contributed by atoms with Gasteiger partial charge in [-0.2, -0.15) is 5.10 Å². The summed E-state index contributed by atoms with van der Waals surface area (Å²) in [5, 5.41) is 11.1. The highest BCUT2D eigenvalue weighted by Crippen LogP contribution is 2.08. The van der Waals surface area contributed by atoms with Crippen molar-refractivity contribution in [3.8, 4) is 0 Å². The van der Waals surface area contributed by atoms with E-state index in [1.807, 2.05) is 29.1 Å². The molecule has 0 amide bonds. The Hall–Kier alpha value is -1.65. The molecule has 28 heavy (non-hydrogen) atoms. The summed E-state index contributed by atoms with van der Waals surface area (Å²) in [4.78, 5) is 4.26. The number of benzene rings is 1. The van der Waals surface area contributed by atoms with Gasteiger partial charge in [0.25, 0.3) is 0 Å². The highest BCUT2D eigenvalue weighted by molar-refractivity contribution is 14.0. The van der Waals surface area contributed by atoms with E-state index in [2.05, 4.69) is 39.1 Å². The molecule has 3 rings (SSSR count). The molecule has 1 atom stereocenters. The maximum Gasteiger partial charge on any atom is 0.191 e. The molecule has 1 aromatic carbocycles. The average Bonchev–Trinajstić information content (AvgIpc) is 3.37. The van der Waals surface area contributed by atoms with Gasteiger partial charge in [0.05, 0.1) is 25.5 Å². The number of halogens is 1. The van der Waals surface area contributed by atoms with Gasteiger partial charge in [-0.3, -0.25) is 9.67 Å². The minimum Gasteiger partial charge on any atom is -0.379 e. The summed E-state index contributed by atoms with van der Waals surface area (Å²) in [6, 6.07) is 10.3. The van der Waals surface area contributed by atoms with Gasteiger partial charge in [0, 0.05) is 45.1 Å². The first kappa shape index (κ1) is 22.6. The maximum atomic E-state index is 5.76. The molecule has 0 bridgehead atoms. The van der Waals surface area contributed by atoms with Gasteiger partial charge < -0.3 is 20.1 Å². The third-order valence-corrected chi connectivity index (χ3v) is 4.41. The Balaban J connectivity index is 0.00000280. The van der Waals surface area contributed by atoms with Crippen molar-refractivity contribution >= 4 is 29.9 Å². The third kappa shape index (κ3) is 7.76. The van der Waals surface area contributed by atoms with E-state index < -0.39 is 0 Å². The van der Waals surface area contributed by atoms with E-state index in [9.17, 15) is 0 Å². The molecule has 0 saturated carbocycles. The molecule has 1 fully saturated rings. The van der Waals surface area contributed by atoms with Crippen molar-refractivity contribution in [3.63, 3.8) is 0 Å². The van der Waals surface area contributed by atoms with Gasteiger partial charge in [-0.1, -0.05) is 30.3 Å². The summed E-state index contributed by atoms with van der Waals surface area (Å²) in [7, 11) is 1.78. The van der Waals surface area contributed by atoms with E-state index >= 15 is 0 Å². The van der Waals surface area contributed by atoms with Gasteiger partial charge in [-0.25, -0.2) is 0 Å². The Labute approximate surface area is 183 Å². The van der Waals surface area contributed by atoms with Gasteiger partial charge in [0.15, 0.2) is 5.96 Å². The fourth-order valence-corrected chi connectivity index (χ4v) is 2.93. The van der Waals surface area contributed by atoms with E-state index in [-0.39, 0.29) is 30.1 Å². The van der Waals surface area contributed by atoms with Crippen molar-refractivity contribution in [2.75, 3.05) is 33.4 Å². The van der Waals surface area contributed by atoms with Crippen molar-refractivity contribution in [1.82, 2.24) is 20.4 Å². The fourth-order valence-electron chi connectivity index (χ4n) is 2.93. The molecule has 154 valence electrons. The third-order valence-electron chi connectivity index (χ3n) is 4.41. The van der Waals surface area contributed by atoms with Crippen LogP contribution in [0.25, 0.3) is 0 Å². The maximum absolute atomic E-state index is 5.76. The highest BCUT2D eigenvalue weighted by atomic mass is 127. The Morgan fingerprint density at radius 2 is 2.14 bits per heavy atom. The zero-order valence-corrected chi connectivity index (χ0v) is 18.7. The van der Waals surface area contributed by atoms with Crippen molar-refractivity contribution in [1.29, 1.82) is 0 Å². The molecule has 1 aliphatic heterocycles. The van der Waals surface area contributed by atoms with Crippen LogP contribution in [0.4, 0.5) is 0 Å². The molecule has 0 aliphatic carbocycles. The molecule has 0 radical (unpaired) electrons. The largest absolute Gasteiger partial charge is 0.379 e. The first-order valence-corrected chi connectivity index (χ1v) is 9.52. The summed E-state index contributed by atoms with van der Waals surface area (Å²) in [6.07, 6.45) is 6.17. The zero-order valence-electron chi connectivity index (χ0n) is 16.3. The van der Waals surface area contributed by atoms with Gasteiger partial charge in [-0.05, 0) is 18.4 Å². The van der Waals surface area contributed by atoms with E-state index in [1.165, 1.54) is 5.56 Å². The predicted octanol–water partition coefficient (Wildman–Crippen LogP) is 2.41. The summed E-state index contributed by atoms with van der Waals surface area (Å²) in [6.45, 7) is 4.57. The van der Waals surface area contributed by atoms with Crippen LogP contribution in [0.1, 0.15) is 24.0 Å². The number of guanidine groups is 1. The number of nitrogens with one attached hydrogen (secondary N) is 2. The minimum atomic E-state index is 0. The molecule has 2 heterocycles. The van der Waals surface area contributed by atoms with Crippen molar-refractivity contribution in [2.45, 2.75) is 32.0 Å². The van der Waals surface area contributed by atoms with E-state index in [4.69, 9.17) is 9.47 Å². The lowest BCUT2D eigenvalue weighted by atomic mass is 10.2. The minimum absolute atomic E-state index is 0. The summed E-state index contributed by atoms with van der Waals surface area (Å²) in [5.74, 6) is 0.787. The van der Waals surface area contributed by atoms with Crippen LogP contribution in [0.15, 0.2) is 47.7 Å². The number of rotatable bonds is 9. The zero-order chi connectivity index (χ0) is 18.7. The van der Waals surface area contributed by atoms with Gasteiger partial charge in [0.1, 0.15) is 0 Å². The van der Waals surface area contributed by atoms with Gasteiger partial charge >= 0.3 is 0 Å². The van der Waals surface area contributed by atoms with Crippen LogP contribution in [-0.2, 0) is 22.6 Å². The highest BCUT2D eigenvalue weighted by Gasteiger charge is 2.15. The second-order valence-corrected chi connectivity index (χ2v) is 6.59. The Bertz CT molecular complexity index is 702. The number of ether oxygens (including phenoxy) is 2. The van der Waals surface area contributed by atoms with Gasteiger partial charge in [0.2, 0.25) is 0 Å². The first-order valence-electron chi connectivity index (χ1n) is 9.52. The Kier molecular flexibility index (Phi) is 10.3. The number of hydrogen-bond acceptors (Lipinski definition) is 4. The summed E-state index contributed by atoms with van der Waals surface area (Å²) >= 11 is 0. The molecule has 8 heteroatoms. The average molecular weight is 499 g/mol. The summed E-state index contributed by atoms with van der Waals surface area (Å²) in [5.41, 5.74) is 2.36. The molecule has 1 unspecified atom stereocenters. The predicted molar refractivity (Wildman–Crippen MR) is 121 cm³/mol. The molecular formula is C20H30IN5O2. The van der Waals surface area contributed by atoms with E-state index in [0.717, 1.165) is 57.3 Å². The molecule has 0 spiro atoms. The number of nitrogens with zero attached hydrogens (tertiary/aromatic N) is 3. The topological polar surface area (TPSA) is 72.7 Å². The lowest BCUT2D eigenvalue weighted by Crippen LogP contribution is -2.37. The second-order valence-electron chi connectivity index (χ2n) is 6.59. The second kappa shape index (κ2) is 12.7. The molecule has 7 nitrogen and oxygen atoms in total. The molecule has 2 aromatic rings. The monoisotopic (exact) mass is 499 g/mol. The number of hydrogen-bond donors (Lipinski definition) is 2. The SMILES string of the molecule is CN=C(NCCCOC1CCOC1)NCc1cnn(Cc2ccccc2)c1.I. The van der Waals surface area contributed by atoms with Crippen LogP contribution >= 0.6 is 24.0 Å². The first-order chi connectivity index (χ1) is 13.3. The van der Waals surface area contributed by atoms with Crippen molar-refractivity contribution in [3.05, 3.63) is 53.9 Å². The van der Waals surface area contributed by atoms with E-state index in [1.54, 1.807) is 7.05 Å².